The van der Waals surface area contributed by atoms with Crippen LogP contribution in [0.4, 0.5) is 0 Å². The summed E-state index contributed by atoms with van der Waals surface area (Å²) >= 11 is 0. The Hall–Kier alpha value is -2.93. The van der Waals surface area contributed by atoms with Crippen molar-refractivity contribution in [3.05, 3.63) is 0 Å². The van der Waals surface area contributed by atoms with Crippen LogP contribution in [0, 0.1) is 0 Å². The normalized spacial score (nSPS) is 14.9. The van der Waals surface area contributed by atoms with Crippen molar-refractivity contribution in [3.8, 4) is 0 Å². The molecule has 0 aromatic heterocycles. The summed E-state index contributed by atoms with van der Waals surface area (Å²) in [6.45, 7) is 1.42. The van der Waals surface area contributed by atoms with E-state index < -0.39 is 54.4 Å². The minimum absolute atomic E-state index is 0.0142. The summed E-state index contributed by atoms with van der Waals surface area (Å²) in [5.41, 5.74) is 15.9. The highest BCUT2D eigenvalue weighted by Gasteiger charge is 2.29. The summed E-state index contributed by atoms with van der Waals surface area (Å²) < 4.78 is 0. The average Bonchev–Trinajstić information content (AvgIpc) is 2.54. The lowest BCUT2D eigenvalue weighted by atomic mass is 10.1. The molecule has 0 aliphatic rings. The maximum atomic E-state index is 12.3. The maximum absolute atomic E-state index is 12.3. The standard InChI is InChI=1S/C14H26N6O7/c1-6(21)10(15)12(25)19-7(3-2-4-18-14(16)17)11(24)20-8(13(26)27)5-9(22)23/h6-8,10,21H,2-5,15H2,1H3,(H,19,25)(H,20,24)(H,22,23)(H,26,27)(H4,16,17,18). The van der Waals surface area contributed by atoms with Crippen LogP contribution in [0.15, 0.2) is 4.99 Å². The van der Waals surface area contributed by atoms with E-state index in [1.165, 1.54) is 6.92 Å². The van der Waals surface area contributed by atoms with E-state index in [4.69, 9.17) is 27.4 Å². The molecule has 0 aliphatic heterocycles. The van der Waals surface area contributed by atoms with E-state index in [0.29, 0.717) is 0 Å². The molecular weight excluding hydrogens is 364 g/mol. The Morgan fingerprint density at radius 2 is 1.59 bits per heavy atom. The Labute approximate surface area is 155 Å². The van der Waals surface area contributed by atoms with Crippen LogP contribution < -0.4 is 27.8 Å². The van der Waals surface area contributed by atoms with Gasteiger partial charge in [0.2, 0.25) is 11.8 Å². The van der Waals surface area contributed by atoms with Gasteiger partial charge in [-0.05, 0) is 19.8 Å². The summed E-state index contributed by atoms with van der Waals surface area (Å²) in [5, 5.41) is 31.4. The lowest BCUT2D eigenvalue weighted by Gasteiger charge is -2.23. The van der Waals surface area contributed by atoms with Crippen LogP contribution in [0.25, 0.3) is 0 Å². The number of carbonyl (C=O) groups excluding carboxylic acids is 2. The van der Waals surface area contributed by atoms with Gasteiger partial charge in [0.25, 0.3) is 0 Å². The quantitative estimate of drug-likeness (QED) is 0.0919. The molecule has 0 spiro atoms. The average molecular weight is 390 g/mol. The molecule has 0 fully saturated rings. The second kappa shape index (κ2) is 11.6. The predicted molar refractivity (Wildman–Crippen MR) is 93.3 cm³/mol. The van der Waals surface area contributed by atoms with Gasteiger partial charge in [-0.3, -0.25) is 19.4 Å². The number of rotatable bonds is 12. The van der Waals surface area contributed by atoms with Gasteiger partial charge >= 0.3 is 11.9 Å². The first-order chi connectivity index (χ1) is 12.5. The van der Waals surface area contributed by atoms with E-state index in [1.54, 1.807) is 0 Å². The van der Waals surface area contributed by atoms with Gasteiger partial charge in [0, 0.05) is 6.54 Å². The van der Waals surface area contributed by atoms with Crippen molar-refractivity contribution in [2.45, 2.75) is 50.4 Å². The largest absolute Gasteiger partial charge is 0.481 e. The summed E-state index contributed by atoms with van der Waals surface area (Å²) in [7, 11) is 0. The van der Waals surface area contributed by atoms with Crippen molar-refractivity contribution in [3.63, 3.8) is 0 Å². The summed E-state index contributed by atoms with van der Waals surface area (Å²) in [6.07, 6.45) is -1.77. The fraction of sp³-hybridized carbons (Fsp3) is 0.643. The Morgan fingerprint density at radius 3 is 2.04 bits per heavy atom. The number of aliphatic carboxylic acids is 2. The fourth-order valence-corrected chi connectivity index (χ4v) is 1.91. The minimum Gasteiger partial charge on any atom is -0.481 e. The molecule has 2 amide bonds. The third-order valence-corrected chi connectivity index (χ3v) is 3.39. The molecule has 0 bridgehead atoms. The third kappa shape index (κ3) is 9.96. The van der Waals surface area contributed by atoms with Crippen molar-refractivity contribution in [1.29, 1.82) is 0 Å². The highest BCUT2D eigenvalue weighted by Crippen LogP contribution is 2.03. The first-order valence-corrected chi connectivity index (χ1v) is 8.00. The van der Waals surface area contributed by atoms with Crippen molar-refractivity contribution in [2.24, 2.45) is 22.2 Å². The molecule has 0 aromatic rings. The fourth-order valence-electron chi connectivity index (χ4n) is 1.91. The number of nitrogens with one attached hydrogen (secondary N) is 2. The zero-order chi connectivity index (χ0) is 21.1. The summed E-state index contributed by atoms with van der Waals surface area (Å²) in [6, 6.07) is -4.23. The number of carboxylic acid groups (broad SMARTS) is 2. The molecule has 0 heterocycles. The molecule has 13 nitrogen and oxygen atoms in total. The van der Waals surface area contributed by atoms with E-state index in [-0.39, 0.29) is 25.3 Å². The van der Waals surface area contributed by atoms with E-state index in [1.807, 2.05) is 5.32 Å². The number of nitrogens with zero attached hydrogens (tertiary/aromatic N) is 1. The maximum Gasteiger partial charge on any atom is 0.326 e. The molecule has 0 rings (SSSR count). The minimum atomic E-state index is -1.68. The number of aliphatic hydroxyl groups is 1. The molecule has 0 saturated heterocycles. The van der Waals surface area contributed by atoms with E-state index >= 15 is 0 Å². The molecule has 4 unspecified atom stereocenters. The molecule has 13 heteroatoms. The number of amides is 2. The van der Waals surface area contributed by atoms with Crippen LogP contribution in [0.2, 0.25) is 0 Å². The van der Waals surface area contributed by atoms with E-state index in [0.717, 1.165) is 0 Å². The number of guanidine groups is 1. The van der Waals surface area contributed by atoms with Crippen LogP contribution >= 0.6 is 0 Å². The monoisotopic (exact) mass is 390 g/mol. The highest BCUT2D eigenvalue weighted by atomic mass is 16.4. The predicted octanol–water partition coefficient (Wildman–Crippen LogP) is -3.72. The molecule has 0 saturated carbocycles. The lowest BCUT2D eigenvalue weighted by molar-refractivity contribution is -0.147. The van der Waals surface area contributed by atoms with Gasteiger partial charge < -0.3 is 43.2 Å². The van der Waals surface area contributed by atoms with Crippen LogP contribution in [0.5, 0.6) is 0 Å². The Morgan fingerprint density at radius 1 is 1.04 bits per heavy atom. The smallest absolute Gasteiger partial charge is 0.326 e. The molecule has 0 radical (unpaired) electrons. The summed E-state index contributed by atoms with van der Waals surface area (Å²) in [5.74, 6) is -4.88. The van der Waals surface area contributed by atoms with Crippen LogP contribution in [-0.2, 0) is 19.2 Å². The molecule has 0 aliphatic carbocycles. The van der Waals surface area contributed by atoms with Gasteiger partial charge in [-0.25, -0.2) is 4.79 Å². The van der Waals surface area contributed by atoms with E-state index in [9.17, 15) is 24.3 Å². The van der Waals surface area contributed by atoms with Gasteiger partial charge in [-0.2, -0.15) is 0 Å². The van der Waals surface area contributed by atoms with Crippen molar-refractivity contribution in [2.75, 3.05) is 6.54 Å². The zero-order valence-electron chi connectivity index (χ0n) is 14.8. The third-order valence-electron chi connectivity index (χ3n) is 3.39. The van der Waals surface area contributed by atoms with Gasteiger partial charge in [0.05, 0.1) is 12.5 Å². The molecule has 154 valence electrons. The van der Waals surface area contributed by atoms with Crippen molar-refractivity contribution in [1.82, 2.24) is 10.6 Å². The van der Waals surface area contributed by atoms with E-state index in [2.05, 4.69) is 10.3 Å². The van der Waals surface area contributed by atoms with Gasteiger partial charge in [0.1, 0.15) is 18.1 Å². The molecule has 27 heavy (non-hydrogen) atoms. The number of carbonyl (C=O) groups is 4. The number of aliphatic imine (C=N–C) groups is 1. The SMILES string of the molecule is CC(O)C(N)C(=O)NC(CCCN=C(N)N)C(=O)NC(CC(=O)O)C(=O)O. The zero-order valence-corrected chi connectivity index (χ0v) is 14.8. The number of nitrogens with two attached hydrogens (primary N) is 3. The molecule has 11 N–H and O–H groups in total. The number of hydrogen-bond donors (Lipinski definition) is 8. The highest BCUT2D eigenvalue weighted by molar-refractivity contribution is 5.92. The number of hydrogen-bond acceptors (Lipinski definition) is 7. The second-order valence-electron chi connectivity index (χ2n) is 5.77. The molecular formula is C14H26N6O7. The van der Waals surface area contributed by atoms with Gasteiger partial charge in [-0.1, -0.05) is 0 Å². The Bertz CT molecular complexity index is 576. The first kappa shape index (κ1) is 24.1. The van der Waals surface area contributed by atoms with Crippen LogP contribution in [-0.4, -0.2) is 75.8 Å². The van der Waals surface area contributed by atoms with Crippen LogP contribution in [0.3, 0.4) is 0 Å². The second-order valence-corrected chi connectivity index (χ2v) is 5.77. The Balaban J connectivity index is 5.14. The number of aliphatic hydroxyl groups excluding tert-OH is 1. The van der Waals surface area contributed by atoms with Gasteiger partial charge in [0.15, 0.2) is 5.96 Å². The molecule has 4 atom stereocenters. The number of carboxylic acids is 2. The lowest BCUT2D eigenvalue weighted by Crippen LogP contribution is -2.56. The Kier molecular flexibility index (Phi) is 10.4. The van der Waals surface area contributed by atoms with Crippen molar-refractivity contribution >= 4 is 29.7 Å². The van der Waals surface area contributed by atoms with Crippen LogP contribution in [0.1, 0.15) is 26.2 Å². The first-order valence-electron chi connectivity index (χ1n) is 8.00. The topological polar surface area (TPSA) is 243 Å². The summed E-state index contributed by atoms with van der Waals surface area (Å²) in [4.78, 5) is 49.8. The van der Waals surface area contributed by atoms with Gasteiger partial charge in [-0.15, -0.1) is 0 Å². The van der Waals surface area contributed by atoms with Crippen molar-refractivity contribution < 1.29 is 34.5 Å². The molecule has 0 aromatic carbocycles.